The number of nitrogens with two attached hydrogens (primary N) is 1. The number of likely N-dealkylation sites (tertiary alicyclic amines) is 2. The van der Waals surface area contributed by atoms with E-state index in [1.54, 1.807) is 0 Å². The molecule has 3 saturated heterocycles. The van der Waals surface area contributed by atoms with E-state index in [4.69, 9.17) is 10.5 Å². The van der Waals surface area contributed by atoms with Gasteiger partial charge < -0.3 is 15.4 Å². The van der Waals surface area contributed by atoms with Crippen molar-refractivity contribution in [1.82, 2.24) is 19.6 Å². The van der Waals surface area contributed by atoms with Crippen molar-refractivity contribution in [3.05, 3.63) is 18.0 Å². The van der Waals surface area contributed by atoms with Crippen LogP contribution < -0.4 is 5.73 Å². The zero-order valence-corrected chi connectivity index (χ0v) is 17.3. The van der Waals surface area contributed by atoms with Crippen LogP contribution in [0.5, 0.6) is 0 Å². The number of nitrogens with zero attached hydrogens (tertiary/aromatic N) is 4. The molecule has 4 heterocycles. The first-order chi connectivity index (χ1) is 14.0. The van der Waals surface area contributed by atoms with Crippen LogP contribution in [0.4, 0.5) is 0 Å². The lowest BCUT2D eigenvalue weighted by Crippen LogP contribution is -2.44. The van der Waals surface area contributed by atoms with Crippen molar-refractivity contribution in [3.8, 4) is 0 Å². The Bertz CT molecular complexity index is 728. The molecule has 4 rings (SSSR count). The smallest absolute Gasteiger partial charge is 0.225 e. The van der Waals surface area contributed by atoms with E-state index in [0.717, 1.165) is 39.2 Å². The lowest BCUT2D eigenvalue weighted by atomic mass is 9.83. The number of piperidine rings is 2. The summed E-state index contributed by atoms with van der Waals surface area (Å²) in [6, 6.07) is 0. The van der Waals surface area contributed by atoms with Gasteiger partial charge in [0.25, 0.3) is 0 Å². The molecule has 0 radical (unpaired) electrons. The fourth-order valence-electron chi connectivity index (χ4n) is 5.15. The van der Waals surface area contributed by atoms with Gasteiger partial charge in [0.15, 0.2) is 0 Å². The van der Waals surface area contributed by atoms with Gasteiger partial charge in [-0.15, -0.1) is 0 Å². The van der Waals surface area contributed by atoms with Crippen molar-refractivity contribution in [2.24, 2.45) is 23.5 Å². The third-order valence-corrected chi connectivity index (χ3v) is 6.92. The summed E-state index contributed by atoms with van der Waals surface area (Å²) in [5, 5.41) is 4.37. The molecule has 2 N–H and O–H groups in total. The maximum atomic E-state index is 12.8. The summed E-state index contributed by atoms with van der Waals surface area (Å²) in [6.07, 6.45) is 7.03. The number of carbonyl (C=O) groups is 2. The van der Waals surface area contributed by atoms with E-state index in [-0.39, 0.29) is 23.8 Å². The number of aromatic nitrogens is 2. The first kappa shape index (κ1) is 20.3. The second-order valence-corrected chi connectivity index (χ2v) is 8.79. The Hall–Kier alpha value is -1.93. The topological polar surface area (TPSA) is 93.7 Å². The summed E-state index contributed by atoms with van der Waals surface area (Å²) in [5.41, 5.74) is 6.65. The van der Waals surface area contributed by atoms with Crippen molar-refractivity contribution in [2.75, 3.05) is 32.8 Å². The highest BCUT2D eigenvalue weighted by molar-refractivity contribution is 5.79. The number of carbonyl (C=O) groups excluding carboxylic acids is 2. The summed E-state index contributed by atoms with van der Waals surface area (Å²) in [7, 11) is 0. The van der Waals surface area contributed by atoms with Crippen LogP contribution in [0.15, 0.2) is 12.4 Å². The van der Waals surface area contributed by atoms with Crippen molar-refractivity contribution < 1.29 is 14.3 Å². The number of rotatable bonds is 6. The molecule has 1 aromatic heterocycles. The second kappa shape index (κ2) is 8.83. The molecule has 0 aromatic carbocycles. The van der Waals surface area contributed by atoms with Crippen LogP contribution in [0.2, 0.25) is 0 Å². The highest BCUT2D eigenvalue weighted by atomic mass is 16.5. The molecule has 160 valence electrons. The predicted molar refractivity (Wildman–Crippen MR) is 108 cm³/mol. The molecule has 3 fully saturated rings. The Labute approximate surface area is 172 Å². The van der Waals surface area contributed by atoms with Gasteiger partial charge in [0.05, 0.1) is 25.3 Å². The number of fused-ring (bicyclic) bond motifs is 1. The van der Waals surface area contributed by atoms with Crippen LogP contribution >= 0.6 is 0 Å². The van der Waals surface area contributed by atoms with Crippen LogP contribution in [0.3, 0.4) is 0 Å². The van der Waals surface area contributed by atoms with Gasteiger partial charge in [-0.25, -0.2) is 0 Å². The molecule has 1 aromatic rings. The average Bonchev–Trinajstić information content (AvgIpc) is 3.34. The summed E-state index contributed by atoms with van der Waals surface area (Å²) < 4.78 is 8.04. The van der Waals surface area contributed by atoms with Crippen molar-refractivity contribution in [1.29, 1.82) is 0 Å². The van der Waals surface area contributed by atoms with Crippen LogP contribution in [0.25, 0.3) is 0 Å². The summed E-state index contributed by atoms with van der Waals surface area (Å²) in [6.45, 7) is 8.00. The highest BCUT2D eigenvalue weighted by Crippen LogP contribution is 2.36. The molecular formula is C21H33N5O3. The maximum absolute atomic E-state index is 12.8. The van der Waals surface area contributed by atoms with Gasteiger partial charge in [0.1, 0.15) is 0 Å². The fraction of sp³-hybridized carbons (Fsp3) is 0.762. The standard InChI is InChI=1S/C21H33N5O3/c1-2-26-12-15(10-23-26)11-24-6-5-18-17(13-24)14-29-19(18)9-20(27)25-7-3-16(4-8-25)21(22)28/h10,12,16-19H,2-9,11,13-14H2,1H3,(H2,22,28)/t17-,18-,19+/m1/s1. The second-order valence-electron chi connectivity index (χ2n) is 8.79. The van der Waals surface area contributed by atoms with Gasteiger partial charge in [0.2, 0.25) is 11.8 Å². The molecule has 8 nitrogen and oxygen atoms in total. The van der Waals surface area contributed by atoms with Gasteiger partial charge in [0, 0.05) is 56.3 Å². The Morgan fingerprint density at radius 3 is 2.72 bits per heavy atom. The minimum absolute atomic E-state index is 0.0337. The van der Waals surface area contributed by atoms with Crippen molar-refractivity contribution in [3.63, 3.8) is 0 Å². The van der Waals surface area contributed by atoms with Gasteiger partial charge in [-0.1, -0.05) is 0 Å². The van der Waals surface area contributed by atoms with E-state index in [9.17, 15) is 9.59 Å². The van der Waals surface area contributed by atoms with Gasteiger partial charge in [-0.3, -0.25) is 19.2 Å². The fourth-order valence-corrected chi connectivity index (χ4v) is 5.15. The molecule has 0 unspecified atom stereocenters. The largest absolute Gasteiger partial charge is 0.377 e. The van der Waals surface area contributed by atoms with Crippen LogP contribution in [0.1, 0.15) is 38.2 Å². The molecule has 0 aliphatic carbocycles. The lowest BCUT2D eigenvalue weighted by Gasteiger charge is -2.36. The predicted octanol–water partition coefficient (Wildman–Crippen LogP) is 0.854. The Kier molecular flexibility index (Phi) is 6.20. The minimum atomic E-state index is -0.243. The summed E-state index contributed by atoms with van der Waals surface area (Å²) in [4.78, 5) is 28.4. The molecule has 3 aliphatic heterocycles. The van der Waals surface area contributed by atoms with E-state index in [1.165, 1.54) is 5.56 Å². The van der Waals surface area contributed by atoms with Crippen molar-refractivity contribution in [2.45, 2.75) is 51.8 Å². The number of hydrogen-bond acceptors (Lipinski definition) is 5. The Morgan fingerprint density at radius 2 is 2.03 bits per heavy atom. The molecule has 29 heavy (non-hydrogen) atoms. The third kappa shape index (κ3) is 4.64. The van der Waals surface area contributed by atoms with E-state index in [0.29, 0.717) is 44.2 Å². The molecule has 0 saturated carbocycles. The third-order valence-electron chi connectivity index (χ3n) is 6.92. The average molecular weight is 404 g/mol. The Balaban J connectivity index is 1.25. The SMILES string of the molecule is CCn1cc(CN2CC[C@@H]3[C@@H](CO[C@H]3CC(=O)N3CCC(C(N)=O)CC3)C2)cn1. The number of primary amides is 1. The molecule has 0 spiro atoms. The maximum Gasteiger partial charge on any atom is 0.225 e. The molecule has 0 bridgehead atoms. The zero-order chi connectivity index (χ0) is 20.4. The molecule has 3 aliphatic rings. The lowest BCUT2D eigenvalue weighted by molar-refractivity contribution is -0.137. The van der Waals surface area contributed by atoms with E-state index >= 15 is 0 Å². The van der Waals surface area contributed by atoms with Gasteiger partial charge in [-0.05, 0) is 38.6 Å². The van der Waals surface area contributed by atoms with Gasteiger partial charge >= 0.3 is 0 Å². The van der Waals surface area contributed by atoms with Crippen LogP contribution in [-0.2, 0) is 27.4 Å². The monoisotopic (exact) mass is 403 g/mol. The number of hydrogen-bond donors (Lipinski definition) is 1. The first-order valence-corrected chi connectivity index (χ1v) is 11.0. The summed E-state index contributed by atoms with van der Waals surface area (Å²) >= 11 is 0. The first-order valence-electron chi connectivity index (χ1n) is 11.0. The highest BCUT2D eigenvalue weighted by Gasteiger charge is 2.42. The molecule has 2 amide bonds. The van der Waals surface area contributed by atoms with E-state index in [2.05, 4.69) is 23.1 Å². The number of aryl methyl sites for hydroxylation is 1. The Morgan fingerprint density at radius 1 is 1.24 bits per heavy atom. The molecular weight excluding hydrogens is 370 g/mol. The van der Waals surface area contributed by atoms with E-state index < -0.39 is 0 Å². The quantitative estimate of drug-likeness (QED) is 0.760. The minimum Gasteiger partial charge on any atom is -0.377 e. The number of ether oxygens (including phenoxy) is 1. The molecule has 3 atom stereocenters. The van der Waals surface area contributed by atoms with E-state index in [1.807, 2.05) is 15.8 Å². The zero-order valence-electron chi connectivity index (χ0n) is 17.3. The van der Waals surface area contributed by atoms with Crippen LogP contribution in [-0.4, -0.2) is 70.3 Å². The normalized spacial score (nSPS) is 28.4. The summed E-state index contributed by atoms with van der Waals surface area (Å²) in [5.74, 6) is 0.806. The molecule has 8 heteroatoms. The van der Waals surface area contributed by atoms with Crippen LogP contribution in [0, 0.1) is 17.8 Å². The number of amides is 2. The van der Waals surface area contributed by atoms with Crippen molar-refractivity contribution >= 4 is 11.8 Å². The van der Waals surface area contributed by atoms with Gasteiger partial charge in [-0.2, -0.15) is 5.10 Å².